The third-order valence-corrected chi connectivity index (χ3v) is 6.94. The monoisotopic (exact) mass is 440 g/mol. The molecule has 0 heterocycles. The van der Waals surface area contributed by atoms with Crippen molar-refractivity contribution in [3.05, 3.63) is 94.8 Å². The molecule has 0 aliphatic heterocycles. The summed E-state index contributed by atoms with van der Waals surface area (Å²) in [5.41, 5.74) is 4.09. The number of rotatable bonds is 7. The Kier molecular flexibility index (Phi) is 6.87. The van der Waals surface area contributed by atoms with Crippen LogP contribution in [0.3, 0.4) is 0 Å². The van der Waals surface area contributed by atoms with Gasteiger partial charge in [-0.3, -0.25) is 4.79 Å². The smallest absolute Gasteiger partial charge is 0.243 e. The van der Waals surface area contributed by atoms with Crippen molar-refractivity contribution in [3.63, 3.8) is 0 Å². The van der Waals surface area contributed by atoms with Gasteiger partial charge in [0.05, 0.1) is 11.4 Å². The minimum absolute atomic E-state index is 0.0588. The van der Waals surface area contributed by atoms with Crippen LogP contribution in [0.2, 0.25) is 0 Å². The maximum absolute atomic E-state index is 13.3. The Hall–Kier alpha value is -3.03. The molecule has 5 nitrogen and oxygen atoms in total. The number of nitrogens with one attached hydrogen (secondary N) is 1. The number of nitrogens with zero attached hydrogens (tertiary/aromatic N) is 1. The van der Waals surface area contributed by atoms with Gasteiger partial charge in [-0.2, -0.15) is 4.31 Å². The molecule has 7 heteroatoms. The molecule has 3 aromatic rings. The van der Waals surface area contributed by atoms with Crippen molar-refractivity contribution in [3.8, 4) is 0 Å². The van der Waals surface area contributed by atoms with Crippen LogP contribution in [-0.4, -0.2) is 25.2 Å². The minimum Gasteiger partial charge on any atom is -0.325 e. The highest BCUT2D eigenvalue weighted by Crippen LogP contribution is 2.21. The fourth-order valence-corrected chi connectivity index (χ4v) is 4.50. The summed E-state index contributed by atoms with van der Waals surface area (Å²) in [6.45, 7) is 5.26. The number of amides is 1. The van der Waals surface area contributed by atoms with E-state index in [0.29, 0.717) is 11.3 Å². The van der Waals surface area contributed by atoms with Gasteiger partial charge in [-0.05, 0) is 67.8 Å². The van der Waals surface area contributed by atoms with E-state index in [9.17, 15) is 17.6 Å². The summed E-state index contributed by atoms with van der Waals surface area (Å²) in [6.07, 6.45) is 0. The number of sulfonamides is 1. The standard InChI is InChI=1S/C24H25FN2O3S/c1-17-7-13-22(14-8-17)31(29,30)27(15-20-9-11-21(25)12-10-20)16-24(28)26-23-6-4-5-18(2)19(23)3/h4-14H,15-16H2,1-3H3,(H,26,28). The van der Waals surface area contributed by atoms with Crippen molar-refractivity contribution in [2.45, 2.75) is 32.2 Å². The summed E-state index contributed by atoms with van der Waals surface area (Å²) in [4.78, 5) is 12.9. The maximum Gasteiger partial charge on any atom is 0.243 e. The van der Waals surface area contributed by atoms with Crippen LogP contribution in [0.15, 0.2) is 71.6 Å². The van der Waals surface area contributed by atoms with Crippen LogP contribution in [0, 0.1) is 26.6 Å². The van der Waals surface area contributed by atoms with Crippen molar-refractivity contribution in [1.82, 2.24) is 4.31 Å². The van der Waals surface area contributed by atoms with Gasteiger partial charge >= 0.3 is 0 Å². The lowest BCUT2D eigenvalue weighted by atomic mass is 10.1. The molecule has 0 unspecified atom stereocenters. The van der Waals surface area contributed by atoms with Gasteiger partial charge in [0.2, 0.25) is 15.9 Å². The van der Waals surface area contributed by atoms with Crippen LogP contribution in [0.5, 0.6) is 0 Å². The summed E-state index contributed by atoms with van der Waals surface area (Å²) in [5.74, 6) is -0.865. The number of carbonyl (C=O) groups excluding carboxylic acids is 1. The summed E-state index contributed by atoms with van der Waals surface area (Å²) < 4.78 is 41.0. The fraction of sp³-hybridized carbons (Fsp3) is 0.208. The molecule has 0 saturated heterocycles. The van der Waals surface area contributed by atoms with E-state index in [1.54, 1.807) is 18.2 Å². The quantitative estimate of drug-likeness (QED) is 0.585. The van der Waals surface area contributed by atoms with Crippen LogP contribution in [0.25, 0.3) is 0 Å². The molecule has 0 atom stereocenters. The summed E-state index contributed by atoms with van der Waals surface area (Å²) in [7, 11) is -3.95. The van der Waals surface area contributed by atoms with E-state index in [-0.39, 0.29) is 18.0 Å². The molecule has 1 amide bonds. The fourth-order valence-electron chi connectivity index (χ4n) is 3.12. The first-order chi connectivity index (χ1) is 14.7. The van der Waals surface area contributed by atoms with Gasteiger partial charge in [-0.25, -0.2) is 12.8 Å². The molecule has 0 spiro atoms. The Balaban J connectivity index is 1.89. The first kappa shape index (κ1) is 22.7. The Morgan fingerprint density at radius 2 is 1.58 bits per heavy atom. The van der Waals surface area contributed by atoms with E-state index >= 15 is 0 Å². The van der Waals surface area contributed by atoms with Gasteiger partial charge in [0.15, 0.2) is 0 Å². The third-order valence-electron chi connectivity index (χ3n) is 5.13. The summed E-state index contributed by atoms with van der Waals surface area (Å²) >= 11 is 0. The molecule has 3 rings (SSSR count). The number of hydrogen-bond acceptors (Lipinski definition) is 3. The van der Waals surface area contributed by atoms with Crippen LogP contribution in [0.4, 0.5) is 10.1 Å². The highest BCUT2D eigenvalue weighted by molar-refractivity contribution is 7.89. The van der Waals surface area contributed by atoms with E-state index in [0.717, 1.165) is 21.0 Å². The summed E-state index contributed by atoms with van der Waals surface area (Å²) in [5, 5.41) is 2.80. The molecule has 0 bridgehead atoms. The van der Waals surface area contributed by atoms with E-state index < -0.39 is 21.7 Å². The lowest BCUT2D eigenvalue weighted by molar-refractivity contribution is -0.116. The van der Waals surface area contributed by atoms with Crippen molar-refractivity contribution < 1.29 is 17.6 Å². The van der Waals surface area contributed by atoms with Gasteiger partial charge < -0.3 is 5.32 Å². The van der Waals surface area contributed by atoms with Gasteiger partial charge in [0.25, 0.3) is 0 Å². The van der Waals surface area contributed by atoms with E-state index in [1.807, 2.05) is 32.9 Å². The zero-order valence-electron chi connectivity index (χ0n) is 17.7. The van der Waals surface area contributed by atoms with E-state index in [4.69, 9.17) is 0 Å². The van der Waals surface area contributed by atoms with Crippen LogP contribution in [-0.2, 0) is 21.4 Å². The molecule has 0 radical (unpaired) electrons. The SMILES string of the molecule is Cc1ccc(S(=O)(=O)N(CC(=O)Nc2cccc(C)c2C)Cc2ccc(F)cc2)cc1. The van der Waals surface area contributed by atoms with Crippen LogP contribution >= 0.6 is 0 Å². The minimum atomic E-state index is -3.95. The zero-order chi connectivity index (χ0) is 22.6. The van der Waals surface area contributed by atoms with Gasteiger partial charge in [-0.15, -0.1) is 0 Å². The topological polar surface area (TPSA) is 66.5 Å². The predicted octanol–water partition coefficient (Wildman–Crippen LogP) is 4.58. The molecule has 0 fully saturated rings. The van der Waals surface area contributed by atoms with E-state index in [2.05, 4.69) is 5.32 Å². The maximum atomic E-state index is 13.3. The Bertz CT molecular complexity index is 1170. The van der Waals surface area contributed by atoms with Gasteiger partial charge in [0, 0.05) is 12.2 Å². The van der Waals surface area contributed by atoms with Crippen molar-refractivity contribution >= 4 is 21.6 Å². The molecule has 0 saturated carbocycles. The second kappa shape index (κ2) is 9.41. The average Bonchev–Trinajstić information content (AvgIpc) is 2.73. The Morgan fingerprint density at radius 3 is 2.23 bits per heavy atom. The largest absolute Gasteiger partial charge is 0.325 e. The lowest BCUT2D eigenvalue weighted by Gasteiger charge is -2.22. The van der Waals surface area contributed by atoms with Crippen molar-refractivity contribution in [2.24, 2.45) is 0 Å². The van der Waals surface area contributed by atoms with Gasteiger partial charge in [-0.1, -0.05) is 42.0 Å². The lowest BCUT2D eigenvalue weighted by Crippen LogP contribution is -2.37. The second-order valence-corrected chi connectivity index (χ2v) is 9.45. The number of carbonyl (C=O) groups is 1. The normalized spacial score (nSPS) is 11.5. The molecule has 0 aromatic heterocycles. The molecule has 3 aromatic carbocycles. The Morgan fingerprint density at radius 1 is 0.935 bits per heavy atom. The summed E-state index contributed by atoms with van der Waals surface area (Å²) in [6, 6.07) is 17.5. The van der Waals surface area contributed by atoms with Crippen LogP contribution in [0.1, 0.15) is 22.3 Å². The first-order valence-electron chi connectivity index (χ1n) is 9.84. The number of anilines is 1. The third kappa shape index (κ3) is 5.57. The number of benzene rings is 3. The molecule has 162 valence electrons. The number of halogens is 1. The molecule has 0 aliphatic rings. The predicted molar refractivity (Wildman–Crippen MR) is 120 cm³/mol. The van der Waals surface area contributed by atoms with Crippen molar-refractivity contribution in [1.29, 1.82) is 0 Å². The zero-order valence-corrected chi connectivity index (χ0v) is 18.5. The highest BCUT2D eigenvalue weighted by atomic mass is 32.2. The van der Waals surface area contributed by atoms with Crippen LogP contribution < -0.4 is 5.32 Å². The van der Waals surface area contributed by atoms with E-state index in [1.165, 1.54) is 36.4 Å². The second-order valence-electron chi connectivity index (χ2n) is 7.51. The molecule has 0 aliphatic carbocycles. The highest BCUT2D eigenvalue weighted by Gasteiger charge is 2.27. The van der Waals surface area contributed by atoms with Crippen molar-refractivity contribution in [2.75, 3.05) is 11.9 Å². The molecular weight excluding hydrogens is 415 g/mol. The number of aryl methyl sites for hydroxylation is 2. The number of hydrogen-bond donors (Lipinski definition) is 1. The first-order valence-corrected chi connectivity index (χ1v) is 11.3. The molecular formula is C24H25FN2O3S. The Labute approximate surface area is 182 Å². The molecule has 1 N–H and O–H groups in total. The van der Waals surface area contributed by atoms with Gasteiger partial charge in [0.1, 0.15) is 5.82 Å². The molecule has 31 heavy (non-hydrogen) atoms. The average molecular weight is 441 g/mol.